The number of hydrogen-bond acceptors (Lipinski definition) is 2. The molecule has 0 saturated heterocycles. The highest BCUT2D eigenvalue weighted by atomic mass is 35.5. The molecule has 1 aromatic heterocycles. The minimum absolute atomic E-state index is 0.622. The van der Waals surface area contributed by atoms with Gasteiger partial charge < -0.3 is 9.88 Å². The molecule has 0 unspecified atom stereocenters. The number of imidazole rings is 1. The second-order valence-corrected chi connectivity index (χ2v) is 7.06. The van der Waals surface area contributed by atoms with Gasteiger partial charge in [-0.1, -0.05) is 43.0 Å². The Morgan fingerprint density at radius 3 is 2.62 bits per heavy atom. The maximum Gasteiger partial charge on any atom is 0.0960 e. The monoisotopic (exact) mass is 339 g/mol. The number of benzene rings is 2. The van der Waals surface area contributed by atoms with Gasteiger partial charge in [-0.05, 0) is 48.7 Å². The van der Waals surface area contributed by atoms with Crippen molar-refractivity contribution < 1.29 is 0 Å². The number of aromatic nitrogens is 2. The molecule has 24 heavy (non-hydrogen) atoms. The van der Waals surface area contributed by atoms with E-state index in [0.29, 0.717) is 6.04 Å². The molecule has 0 atom stereocenters. The topological polar surface area (TPSA) is 29.9 Å². The van der Waals surface area contributed by atoms with Crippen LogP contribution in [-0.4, -0.2) is 9.55 Å². The predicted octanol–water partition coefficient (Wildman–Crippen LogP) is 5.81. The highest BCUT2D eigenvalue weighted by Gasteiger charge is 2.17. The van der Waals surface area contributed by atoms with Gasteiger partial charge in [-0.15, -0.1) is 0 Å². The number of fused-ring (bicyclic) bond motifs is 1. The van der Waals surface area contributed by atoms with E-state index in [2.05, 4.69) is 33.1 Å². The second-order valence-electron chi connectivity index (χ2n) is 6.63. The Morgan fingerprint density at radius 1 is 1.04 bits per heavy atom. The van der Waals surface area contributed by atoms with Crippen LogP contribution < -0.4 is 5.32 Å². The van der Waals surface area contributed by atoms with Gasteiger partial charge in [-0.25, -0.2) is 4.98 Å². The maximum atomic E-state index is 5.93. The van der Waals surface area contributed by atoms with Crippen LogP contribution in [0.25, 0.3) is 11.0 Å². The Morgan fingerprint density at radius 2 is 1.83 bits per heavy atom. The first-order valence-electron chi connectivity index (χ1n) is 8.74. The standard InChI is InChI=1S/C20H22ClN3/c21-16-8-6-15(7-9-16)13-22-17-10-11-20-19(12-17)23-14-24(20)18-4-2-1-3-5-18/h6-12,14,18,22H,1-5,13H2. The first-order valence-corrected chi connectivity index (χ1v) is 9.12. The number of nitrogens with zero attached hydrogens (tertiary/aromatic N) is 2. The minimum atomic E-state index is 0.622. The third kappa shape index (κ3) is 3.27. The molecule has 4 rings (SSSR count). The van der Waals surface area contributed by atoms with Gasteiger partial charge in [0, 0.05) is 23.3 Å². The molecule has 0 radical (unpaired) electrons. The lowest BCUT2D eigenvalue weighted by Gasteiger charge is -2.23. The van der Waals surface area contributed by atoms with E-state index in [0.717, 1.165) is 22.8 Å². The predicted molar refractivity (Wildman–Crippen MR) is 101 cm³/mol. The number of hydrogen-bond donors (Lipinski definition) is 1. The molecule has 0 amide bonds. The lowest BCUT2D eigenvalue weighted by Crippen LogP contribution is -2.11. The molecule has 1 fully saturated rings. The minimum Gasteiger partial charge on any atom is -0.381 e. The molecule has 1 saturated carbocycles. The average Bonchev–Trinajstić information content (AvgIpc) is 3.05. The fraction of sp³-hybridized carbons (Fsp3) is 0.350. The van der Waals surface area contributed by atoms with Crippen molar-refractivity contribution in [2.75, 3.05) is 5.32 Å². The van der Waals surface area contributed by atoms with Crippen molar-refractivity contribution >= 4 is 28.3 Å². The average molecular weight is 340 g/mol. The molecule has 1 aliphatic carbocycles. The van der Waals surface area contributed by atoms with Crippen molar-refractivity contribution in [3.63, 3.8) is 0 Å². The Kier molecular flexibility index (Phi) is 4.44. The zero-order chi connectivity index (χ0) is 16.4. The van der Waals surface area contributed by atoms with Crippen molar-refractivity contribution in [3.05, 3.63) is 59.4 Å². The SMILES string of the molecule is Clc1ccc(CNc2ccc3c(c2)ncn3C2CCCCC2)cc1. The smallest absolute Gasteiger partial charge is 0.0960 e. The maximum absolute atomic E-state index is 5.93. The van der Waals surface area contributed by atoms with Gasteiger partial charge in [-0.3, -0.25) is 0 Å². The van der Waals surface area contributed by atoms with Gasteiger partial charge in [-0.2, -0.15) is 0 Å². The third-order valence-electron chi connectivity index (χ3n) is 4.95. The van der Waals surface area contributed by atoms with Crippen molar-refractivity contribution in [2.24, 2.45) is 0 Å². The zero-order valence-electron chi connectivity index (χ0n) is 13.7. The molecule has 1 N–H and O–H groups in total. The molecule has 2 aromatic carbocycles. The molecular weight excluding hydrogens is 318 g/mol. The van der Waals surface area contributed by atoms with Gasteiger partial charge >= 0.3 is 0 Å². The summed E-state index contributed by atoms with van der Waals surface area (Å²) >= 11 is 5.93. The molecule has 1 aliphatic rings. The summed E-state index contributed by atoms with van der Waals surface area (Å²) in [4.78, 5) is 4.63. The summed E-state index contributed by atoms with van der Waals surface area (Å²) in [6.07, 6.45) is 8.63. The number of rotatable bonds is 4. The van der Waals surface area contributed by atoms with Gasteiger partial charge in [0.15, 0.2) is 0 Å². The lowest BCUT2D eigenvalue weighted by atomic mass is 9.95. The Labute approximate surface area is 147 Å². The molecule has 124 valence electrons. The summed E-state index contributed by atoms with van der Waals surface area (Å²) < 4.78 is 2.37. The molecular formula is C20H22ClN3. The third-order valence-corrected chi connectivity index (χ3v) is 5.20. The Bertz CT molecular complexity index is 817. The summed E-state index contributed by atoms with van der Waals surface area (Å²) in [6.45, 7) is 0.784. The molecule has 0 bridgehead atoms. The van der Waals surface area contributed by atoms with Crippen LogP contribution in [0.3, 0.4) is 0 Å². The largest absolute Gasteiger partial charge is 0.381 e. The van der Waals surface area contributed by atoms with Crippen LogP contribution in [0.15, 0.2) is 48.8 Å². The highest BCUT2D eigenvalue weighted by molar-refractivity contribution is 6.30. The zero-order valence-corrected chi connectivity index (χ0v) is 14.5. The number of nitrogens with one attached hydrogen (secondary N) is 1. The van der Waals surface area contributed by atoms with Gasteiger partial charge in [0.25, 0.3) is 0 Å². The Hall–Kier alpha value is -2.00. The van der Waals surface area contributed by atoms with Crippen molar-refractivity contribution in [3.8, 4) is 0 Å². The van der Waals surface area contributed by atoms with Crippen molar-refractivity contribution in [1.29, 1.82) is 0 Å². The summed E-state index contributed by atoms with van der Waals surface area (Å²) in [5.41, 5.74) is 4.64. The van der Waals surface area contributed by atoms with Gasteiger partial charge in [0.1, 0.15) is 0 Å². The normalized spacial score (nSPS) is 15.7. The summed E-state index contributed by atoms with van der Waals surface area (Å²) in [7, 11) is 0. The fourth-order valence-electron chi connectivity index (χ4n) is 3.60. The first-order chi connectivity index (χ1) is 11.8. The molecule has 4 heteroatoms. The molecule has 0 aliphatic heterocycles. The van der Waals surface area contributed by atoms with Crippen LogP contribution in [-0.2, 0) is 6.54 Å². The lowest BCUT2D eigenvalue weighted by molar-refractivity contribution is 0.359. The summed E-state index contributed by atoms with van der Waals surface area (Å²) in [5.74, 6) is 0. The quantitative estimate of drug-likeness (QED) is 0.650. The summed E-state index contributed by atoms with van der Waals surface area (Å²) in [6, 6.07) is 15.1. The van der Waals surface area contributed by atoms with Crippen LogP contribution in [0.1, 0.15) is 43.7 Å². The summed E-state index contributed by atoms with van der Waals surface area (Å²) in [5, 5.41) is 4.24. The van der Waals surface area contributed by atoms with Crippen LogP contribution in [0.5, 0.6) is 0 Å². The van der Waals surface area contributed by atoms with E-state index in [9.17, 15) is 0 Å². The molecule has 0 spiro atoms. The van der Waals surface area contributed by atoms with E-state index in [4.69, 9.17) is 11.6 Å². The van der Waals surface area contributed by atoms with Gasteiger partial charge in [0.05, 0.1) is 17.4 Å². The van der Waals surface area contributed by atoms with E-state index in [1.54, 1.807) is 0 Å². The van der Waals surface area contributed by atoms with Crippen LogP contribution in [0.4, 0.5) is 5.69 Å². The number of halogens is 1. The van der Waals surface area contributed by atoms with Crippen molar-refractivity contribution in [2.45, 2.75) is 44.7 Å². The van der Waals surface area contributed by atoms with E-state index in [1.807, 2.05) is 30.6 Å². The fourth-order valence-corrected chi connectivity index (χ4v) is 3.72. The highest BCUT2D eigenvalue weighted by Crippen LogP contribution is 2.31. The molecule has 3 nitrogen and oxygen atoms in total. The molecule has 1 heterocycles. The van der Waals surface area contributed by atoms with E-state index >= 15 is 0 Å². The van der Waals surface area contributed by atoms with Crippen LogP contribution >= 0.6 is 11.6 Å². The van der Waals surface area contributed by atoms with Crippen LogP contribution in [0.2, 0.25) is 5.02 Å². The first kappa shape index (κ1) is 15.5. The van der Waals surface area contributed by atoms with Crippen LogP contribution in [0, 0.1) is 0 Å². The van der Waals surface area contributed by atoms with E-state index < -0.39 is 0 Å². The van der Waals surface area contributed by atoms with E-state index in [-0.39, 0.29) is 0 Å². The van der Waals surface area contributed by atoms with Gasteiger partial charge in [0.2, 0.25) is 0 Å². The number of anilines is 1. The van der Waals surface area contributed by atoms with Crippen molar-refractivity contribution in [1.82, 2.24) is 9.55 Å². The Balaban J connectivity index is 1.50. The molecule has 3 aromatic rings. The second kappa shape index (κ2) is 6.86. The van der Waals surface area contributed by atoms with E-state index in [1.165, 1.54) is 43.2 Å².